The first kappa shape index (κ1) is 14.0. The first-order valence-corrected chi connectivity index (χ1v) is 7.52. The van der Waals surface area contributed by atoms with E-state index in [4.69, 9.17) is 4.74 Å². The van der Waals surface area contributed by atoms with Crippen molar-refractivity contribution < 1.29 is 4.74 Å². The molecule has 106 valence electrons. The van der Waals surface area contributed by atoms with Crippen molar-refractivity contribution in [3.05, 3.63) is 64.8 Å². The van der Waals surface area contributed by atoms with E-state index in [2.05, 4.69) is 44.4 Å². The van der Waals surface area contributed by atoms with Crippen LogP contribution in [0.1, 0.15) is 5.56 Å². The number of halogens is 1. The fourth-order valence-corrected chi connectivity index (χ4v) is 2.65. The Morgan fingerprint density at radius 2 is 1.95 bits per heavy atom. The van der Waals surface area contributed by atoms with E-state index >= 15 is 0 Å². The van der Waals surface area contributed by atoms with E-state index in [9.17, 15) is 0 Å². The first-order valence-electron chi connectivity index (χ1n) is 6.72. The zero-order valence-electron chi connectivity index (χ0n) is 11.6. The minimum atomic E-state index is 0.629. The highest BCUT2D eigenvalue weighted by molar-refractivity contribution is 9.10. The summed E-state index contributed by atoms with van der Waals surface area (Å²) >= 11 is 3.45. The molecule has 2 aromatic carbocycles. The number of benzene rings is 2. The van der Waals surface area contributed by atoms with Crippen molar-refractivity contribution in [2.24, 2.45) is 0 Å². The van der Waals surface area contributed by atoms with E-state index in [0.717, 1.165) is 26.6 Å². The maximum absolute atomic E-state index is 6.06. The largest absolute Gasteiger partial charge is 0.438 e. The van der Waals surface area contributed by atoms with Gasteiger partial charge in [-0.2, -0.15) is 0 Å². The van der Waals surface area contributed by atoms with Gasteiger partial charge in [0.05, 0.1) is 0 Å². The van der Waals surface area contributed by atoms with Gasteiger partial charge in [-0.3, -0.25) is 0 Å². The molecular weight excluding hydrogens is 328 g/mol. The Bertz CT molecular complexity index is 768. The van der Waals surface area contributed by atoms with E-state index in [0.29, 0.717) is 12.4 Å². The Morgan fingerprint density at radius 1 is 1.14 bits per heavy atom. The number of rotatable bonds is 4. The van der Waals surface area contributed by atoms with Gasteiger partial charge >= 0.3 is 0 Å². The number of nitrogens with zero attached hydrogens (tertiary/aromatic N) is 1. The molecule has 0 bridgehead atoms. The number of nitrogens with one attached hydrogen (secondary N) is 1. The van der Waals surface area contributed by atoms with Gasteiger partial charge in [0.1, 0.15) is 5.75 Å². The van der Waals surface area contributed by atoms with Gasteiger partial charge in [0.15, 0.2) is 0 Å². The zero-order chi connectivity index (χ0) is 14.7. The van der Waals surface area contributed by atoms with Crippen molar-refractivity contribution in [1.82, 2.24) is 10.3 Å². The van der Waals surface area contributed by atoms with E-state index in [-0.39, 0.29) is 0 Å². The molecule has 21 heavy (non-hydrogen) atoms. The van der Waals surface area contributed by atoms with Crippen molar-refractivity contribution in [2.75, 3.05) is 7.05 Å². The maximum Gasteiger partial charge on any atom is 0.223 e. The summed E-state index contributed by atoms with van der Waals surface area (Å²) in [5.74, 6) is 1.45. The molecule has 4 heteroatoms. The molecule has 0 aliphatic carbocycles. The molecule has 3 rings (SSSR count). The molecule has 0 atom stereocenters. The average Bonchev–Trinajstić information content (AvgIpc) is 2.50. The van der Waals surface area contributed by atoms with Gasteiger partial charge in [0.2, 0.25) is 5.88 Å². The molecule has 0 saturated heterocycles. The van der Waals surface area contributed by atoms with Crippen LogP contribution in [0.5, 0.6) is 11.6 Å². The molecule has 1 N–H and O–H groups in total. The molecule has 0 aliphatic heterocycles. The van der Waals surface area contributed by atoms with Crippen molar-refractivity contribution in [2.45, 2.75) is 6.54 Å². The topological polar surface area (TPSA) is 34.2 Å². The molecule has 0 unspecified atom stereocenters. The van der Waals surface area contributed by atoms with E-state index in [1.807, 2.05) is 37.4 Å². The van der Waals surface area contributed by atoms with E-state index in [1.165, 1.54) is 0 Å². The fourth-order valence-electron chi connectivity index (χ4n) is 2.27. The normalized spacial score (nSPS) is 10.8. The number of fused-ring (bicyclic) bond motifs is 1. The molecule has 1 aromatic heterocycles. The summed E-state index contributed by atoms with van der Waals surface area (Å²) in [4.78, 5) is 4.39. The standard InChI is InChI=1S/C17H15BrN2O/c1-19-10-13-9-14(18)11-20-17(13)21-16-8-4-6-12-5-2-3-7-15(12)16/h2-9,11,19H,10H2,1H3. The summed E-state index contributed by atoms with van der Waals surface area (Å²) in [7, 11) is 1.91. The summed E-state index contributed by atoms with van der Waals surface area (Å²) in [6.07, 6.45) is 1.75. The Labute approximate surface area is 132 Å². The van der Waals surface area contributed by atoms with Crippen LogP contribution >= 0.6 is 15.9 Å². The van der Waals surface area contributed by atoms with Crippen LogP contribution < -0.4 is 10.1 Å². The Balaban J connectivity index is 2.02. The molecule has 3 nitrogen and oxygen atoms in total. The second-order valence-electron chi connectivity index (χ2n) is 4.73. The van der Waals surface area contributed by atoms with Crippen LogP contribution in [0.25, 0.3) is 10.8 Å². The third-order valence-electron chi connectivity index (χ3n) is 3.22. The van der Waals surface area contributed by atoms with Crippen LogP contribution in [-0.4, -0.2) is 12.0 Å². The van der Waals surface area contributed by atoms with Gasteiger partial charge in [0.25, 0.3) is 0 Å². The molecule has 0 fully saturated rings. The predicted molar refractivity (Wildman–Crippen MR) is 88.7 cm³/mol. The molecule has 0 amide bonds. The average molecular weight is 343 g/mol. The number of hydrogen-bond donors (Lipinski definition) is 1. The van der Waals surface area contributed by atoms with Gasteiger partial charge in [-0.15, -0.1) is 0 Å². The highest BCUT2D eigenvalue weighted by Gasteiger charge is 2.09. The quantitative estimate of drug-likeness (QED) is 0.757. The van der Waals surface area contributed by atoms with Gasteiger partial charge in [0, 0.05) is 28.2 Å². The lowest BCUT2D eigenvalue weighted by Gasteiger charge is -2.12. The van der Waals surface area contributed by atoms with E-state index in [1.54, 1.807) is 6.20 Å². The Morgan fingerprint density at radius 3 is 2.81 bits per heavy atom. The lowest BCUT2D eigenvalue weighted by Crippen LogP contribution is -2.07. The second-order valence-corrected chi connectivity index (χ2v) is 5.64. The van der Waals surface area contributed by atoms with Crippen LogP contribution in [-0.2, 0) is 6.54 Å². The highest BCUT2D eigenvalue weighted by Crippen LogP contribution is 2.31. The Kier molecular flexibility index (Phi) is 4.18. The highest BCUT2D eigenvalue weighted by atomic mass is 79.9. The van der Waals surface area contributed by atoms with Crippen LogP contribution in [0.3, 0.4) is 0 Å². The summed E-state index contributed by atoms with van der Waals surface area (Å²) in [5, 5.41) is 5.37. The molecule has 0 saturated carbocycles. The third-order valence-corrected chi connectivity index (χ3v) is 3.65. The SMILES string of the molecule is CNCc1cc(Br)cnc1Oc1cccc2ccccc12. The van der Waals surface area contributed by atoms with Crippen molar-refractivity contribution >= 4 is 26.7 Å². The second kappa shape index (κ2) is 6.24. The smallest absolute Gasteiger partial charge is 0.223 e. The molecule has 0 radical (unpaired) electrons. The monoisotopic (exact) mass is 342 g/mol. The van der Waals surface area contributed by atoms with Gasteiger partial charge in [-0.25, -0.2) is 4.98 Å². The van der Waals surface area contributed by atoms with Crippen LogP contribution in [0.2, 0.25) is 0 Å². The van der Waals surface area contributed by atoms with Crippen molar-refractivity contribution in [3.8, 4) is 11.6 Å². The third kappa shape index (κ3) is 3.06. The number of ether oxygens (including phenoxy) is 1. The minimum Gasteiger partial charge on any atom is -0.438 e. The maximum atomic E-state index is 6.06. The lowest BCUT2D eigenvalue weighted by molar-refractivity contribution is 0.459. The molecule has 1 heterocycles. The van der Waals surface area contributed by atoms with Crippen LogP contribution in [0.15, 0.2) is 59.2 Å². The summed E-state index contributed by atoms with van der Waals surface area (Å²) in [5.41, 5.74) is 1.01. The minimum absolute atomic E-state index is 0.629. The van der Waals surface area contributed by atoms with Crippen molar-refractivity contribution in [1.29, 1.82) is 0 Å². The number of pyridine rings is 1. The predicted octanol–water partition coefficient (Wildman–Crippen LogP) is 4.51. The lowest BCUT2D eigenvalue weighted by atomic mass is 10.1. The van der Waals surface area contributed by atoms with Gasteiger partial charge in [-0.05, 0) is 40.5 Å². The summed E-state index contributed by atoms with van der Waals surface area (Å²) in [6.45, 7) is 0.701. The van der Waals surface area contributed by atoms with Crippen LogP contribution in [0.4, 0.5) is 0 Å². The zero-order valence-corrected chi connectivity index (χ0v) is 13.2. The number of aromatic nitrogens is 1. The fraction of sp³-hybridized carbons (Fsp3) is 0.118. The van der Waals surface area contributed by atoms with E-state index < -0.39 is 0 Å². The van der Waals surface area contributed by atoms with Gasteiger partial charge in [-0.1, -0.05) is 36.4 Å². The molecule has 0 aliphatic rings. The molecular formula is C17H15BrN2O. The molecule has 0 spiro atoms. The Hall–Kier alpha value is -1.91. The van der Waals surface area contributed by atoms with Crippen LogP contribution in [0, 0.1) is 0 Å². The first-order chi connectivity index (χ1) is 10.3. The van der Waals surface area contributed by atoms with Crippen molar-refractivity contribution in [3.63, 3.8) is 0 Å². The number of hydrogen-bond acceptors (Lipinski definition) is 3. The summed E-state index contributed by atoms with van der Waals surface area (Å²) < 4.78 is 7.00. The van der Waals surface area contributed by atoms with Gasteiger partial charge < -0.3 is 10.1 Å². The summed E-state index contributed by atoms with van der Waals surface area (Å²) in [6, 6.07) is 16.2. The molecule has 3 aromatic rings.